The quantitative estimate of drug-likeness (QED) is 0.696. The van der Waals surface area contributed by atoms with Gasteiger partial charge in [0.2, 0.25) is 10.0 Å². The van der Waals surface area contributed by atoms with E-state index < -0.39 is 15.3 Å². The summed E-state index contributed by atoms with van der Waals surface area (Å²) in [6.07, 6.45) is 0.396. The first-order valence-electron chi connectivity index (χ1n) is 5.82. The number of hydrogen-bond donors (Lipinski definition) is 2. The highest BCUT2D eigenvalue weighted by atomic mass is 32.2. The number of thiocarbonyl (C=S) groups is 1. The highest BCUT2D eigenvalue weighted by Crippen LogP contribution is 2.25. The molecule has 0 rings (SSSR count). The Morgan fingerprint density at radius 3 is 2.18 bits per heavy atom. The van der Waals surface area contributed by atoms with Crippen molar-refractivity contribution in [3.05, 3.63) is 0 Å². The van der Waals surface area contributed by atoms with Crippen LogP contribution in [0, 0.1) is 11.3 Å². The largest absolute Gasteiger partial charge is 0.392 e. The van der Waals surface area contributed by atoms with E-state index >= 15 is 0 Å². The maximum Gasteiger partial charge on any atom is 0.221 e. The van der Waals surface area contributed by atoms with Gasteiger partial charge in [-0.2, -0.15) is 0 Å². The Morgan fingerprint density at radius 1 is 1.41 bits per heavy atom. The van der Waals surface area contributed by atoms with Crippen molar-refractivity contribution >= 4 is 27.2 Å². The topological polar surface area (TPSA) is 72.2 Å². The molecule has 3 N–H and O–H groups in total. The standard InChI is InChI=1S/C11H24N2O2S2/c1-6-9(10(12)16)17(14,15)13-7-11(4,5)8(2)3/h8-9,13H,6-7H2,1-5H3,(H2,12,16). The maximum absolute atomic E-state index is 12.0. The van der Waals surface area contributed by atoms with Crippen molar-refractivity contribution in [3.63, 3.8) is 0 Å². The van der Waals surface area contributed by atoms with Gasteiger partial charge in [-0.15, -0.1) is 0 Å². The lowest BCUT2D eigenvalue weighted by atomic mass is 9.81. The van der Waals surface area contributed by atoms with Crippen molar-refractivity contribution in [2.45, 2.75) is 46.3 Å². The van der Waals surface area contributed by atoms with Crippen LogP contribution in [0.2, 0.25) is 0 Å². The summed E-state index contributed by atoms with van der Waals surface area (Å²) < 4.78 is 26.6. The molecule has 0 amide bonds. The number of rotatable bonds is 7. The van der Waals surface area contributed by atoms with E-state index in [-0.39, 0.29) is 10.4 Å². The zero-order valence-corrected chi connectivity index (χ0v) is 12.9. The Morgan fingerprint density at radius 2 is 1.88 bits per heavy atom. The van der Waals surface area contributed by atoms with E-state index in [4.69, 9.17) is 18.0 Å². The molecule has 4 nitrogen and oxygen atoms in total. The van der Waals surface area contributed by atoms with E-state index in [1.54, 1.807) is 6.92 Å². The Hall–Kier alpha value is -0.200. The summed E-state index contributed by atoms with van der Waals surface area (Å²) in [6, 6.07) is 0. The summed E-state index contributed by atoms with van der Waals surface area (Å²) in [5.41, 5.74) is 5.35. The number of nitrogens with one attached hydrogen (secondary N) is 1. The average Bonchev–Trinajstić information content (AvgIpc) is 2.14. The molecule has 1 atom stereocenters. The molecule has 0 aromatic rings. The third-order valence-corrected chi connectivity index (χ3v) is 5.67. The average molecular weight is 280 g/mol. The Kier molecular flexibility index (Phi) is 6.04. The van der Waals surface area contributed by atoms with Crippen LogP contribution in [0.1, 0.15) is 41.0 Å². The van der Waals surface area contributed by atoms with E-state index in [0.717, 1.165) is 0 Å². The molecule has 17 heavy (non-hydrogen) atoms. The van der Waals surface area contributed by atoms with Crippen molar-refractivity contribution in [2.24, 2.45) is 17.1 Å². The van der Waals surface area contributed by atoms with Crippen LogP contribution in [0.25, 0.3) is 0 Å². The van der Waals surface area contributed by atoms with Crippen LogP contribution < -0.4 is 10.5 Å². The SMILES string of the molecule is CCC(C(N)=S)S(=O)(=O)NCC(C)(C)C(C)C. The molecule has 0 spiro atoms. The van der Waals surface area contributed by atoms with Crippen molar-refractivity contribution in [1.29, 1.82) is 0 Å². The molecule has 6 heteroatoms. The molecule has 0 radical (unpaired) electrons. The third-order valence-electron chi connectivity index (χ3n) is 3.35. The normalized spacial score (nSPS) is 14.9. The van der Waals surface area contributed by atoms with Crippen LogP contribution in [0.5, 0.6) is 0 Å². The third kappa shape index (κ3) is 4.89. The van der Waals surface area contributed by atoms with Gasteiger partial charge in [-0.05, 0) is 17.8 Å². The minimum absolute atomic E-state index is 0.0300. The number of sulfonamides is 1. The van der Waals surface area contributed by atoms with Gasteiger partial charge in [0.05, 0.1) is 4.99 Å². The molecule has 0 aliphatic rings. The van der Waals surface area contributed by atoms with E-state index in [0.29, 0.717) is 18.9 Å². The van der Waals surface area contributed by atoms with Crippen molar-refractivity contribution < 1.29 is 8.42 Å². The van der Waals surface area contributed by atoms with E-state index in [1.165, 1.54) is 0 Å². The van der Waals surface area contributed by atoms with Gasteiger partial charge in [0, 0.05) is 6.54 Å². The van der Waals surface area contributed by atoms with Crippen molar-refractivity contribution in [3.8, 4) is 0 Å². The van der Waals surface area contributed by atoms with Crippen LogP contribution >= 0.6 is 12.2 Å². The highest BCUT2D eigenvalue weighted by molar-refractivity contribution is 7.93. The zero-order valence-electron chi connectivity index (χ0n) is 11.3. The van der Waals surface area contributed by atoms with E-state index in [1.807, 2.05) is 13.8 Å². The predicted molar refractivity (Wildman–Crippen MR) is 76.4 cm³/mol. The lowest BCUT2D eigenvalue weighted by molar-refractivity contribution is 0.252. The first-order chi connectivity index (χ1) is 7.54. The predicted octanol–water partition coefficient (Wildman–Crippen LogP) is 1.65. The van der Waals surface area contributed by atoms with Gasteiger partial charge in [-0.1, -0.05) is 46.8 Å². The molecule has 1 unspecified atom stereocenters. The summed E-state index contributed by atoms with van der Waals surface area (Å²) in [5, 5.41) is -0.777. The molecule has 0 aliphatic heterocycles. The molecular weight excluding hydrogens is 256 g/mol. The lowest BCUT2D eigenvalue weighted by Gasteiger charge is -2.30. The number of nitrogens with two attached hydrogens (primary N) is 1. The molecule has 0 bridgehead atoms. The molecule has 0 saturated heterocycles. The van der Waals surface area contributed by atoms with Crippen molar-refractivity contribution in [2.75, 3.05) is 6.54 Å². The Bertz CT molecular complexity index is 362. The molecular formula is C11H24N2O2S2. The fourth-order valence-electron chi connectivity index (χ4n) is 1.16. The van der Waals surface area contributed by atoms with Gasteiger partial charge in [0.1, 0.15) is 5.25 Å². The summed E-state index contributed by atoms with van der Waals surface area (Å²) >= 11 is 4.78. The smallest absolute Gasteiger partial charge is 0.221 e. The fraction of sp³-hybridized carbons (Fsp3) is 0.909. The summed E-state index contributed by atoms with van der Waals surface area (Å²) in [7, 11) is -3.45. The summed E-state index contributed by atoms with van der Waals surface area (Å²) in [4.78, 5) is 0.0300. The Balaban J connectivity index is 4.73. The maximum atomic E-state index is 12.0. The molecule has 0 aromatic heterocycles. The number of hydrogen-bond acceptors (Lipinski definition) is 3. The van der Waals surface area contributed by atoms with E-state index in [2.05, 4.69) is 18.6 Å². The van der Waals surface area contributed by atoms with Crippen LogP contribution in [0.3, 0.4) is 0 Å². The lowest BCUT2D eigenvalue weighted by Crippen LogP contribution is -2.45. The molecule has 0 fully saturated rings. The summed E-state index contributed by atoms with van der Waals surface area (Å²) in [5.74, 6) is 0.384. The minimum atomic E-state index is -3.45. The van der Waals surface area contributed by atoms with Crippen molar-refractivity contribution in [1.82, 2.24) is 4.72 Å². The van der Waals surface area contributed by atoms with Crippen LogP contribution in [0.4, 0.5) is 0 Å². The zero-order chi connectivity index (χ0) is 13.9. The molecule has 102 valence electrons. The molecule has 0 saturated carbocycles. The second-order valence-electron chi connectivity index (χ2n) is 5.31. The highest BCUT2D eigenvalue weighted by Gasteiger charge is 2.30. The van der Waals surface area contributed by atoms with Crippen LogP contribution in [-0.4, -0.2) is 25.2 Å². The van der Waals surface area contributed by atoms with Gasteiger partial charge in [-0.25, -0.2) is 13.1 Å². The molecule has 0 heterocycles. The van der Waals surface area contributed by atoms with Gasteiger partial charge >= 0.3 is 0 Å². The second-order valence-corrected chi connectivity index (χ2v) is 7.73. The summed E-state index contributed by atoms with van der Waals surface area (Å²) in [6.45, 7) is 10.4. The van der Waals surface area contributed by atoms with Crippen LogP contribution in [0.15, 0.2) is 0 Å². The van der Waals surface area contributed by atoms with Gasteiger partial charge < -0.3 is 5.73 Å². The van der Waals surface area contributed by atoms with E-state index in [9.17, 15) is 8.42 Å². The molecule has 0 aromatic carbocycles. The van der Waals surface area contributed by atoms with Gasteiger partial charge in [-0.3, -0.25) is 0 Å². The Labute approximate surface area is 110 Å². The first-order valence-corrected chi connectivity index (χ1v) is 7.78. The first kappa shape index (κ1) is 16.8. The second kappa shape index (κ2) is 6.11. The minimum Gasteiger partial charge on any atom is -0.392 e. The van der Waals surface area contributed by atoms with Gasteiger partial charge in [0.25, 0.3) is 0 Å². The van der Waals surface area contributed by atoms with Gasteiger partial charge in [0.15, 0.2) is 0 Å². The fourth-order valence-corrected chi connectivity index (χ4v) is 3.23. The monoisotopic (exact) mass is 280 g/mol. The van der Waals surface area contributed by atoms with Crippen LogP contribution in [-0.2, 0) is 10.0 Å². The molecule has 0 aliphatic carbocycles.